The highest BCUT2D eigenvalue weighted by Crippen LogP contribution is 2.27. The predicted molar refractivity (Wildman–Crippen MR) is 117 cm³/mol. The van der Waals surface area contributed by atoms with Crippen molar-refractivity contribution >= 4 is 22.8 Å². The number of aryl methyl sites for hydroxylation is 2. The van der Waals surface area contributed by atoms with Crippen molar-refractivity contribution in [3.63, 3.8) is 0 Å². The molecule has 3 N–H and O–H groups in total. The van der Waals surface area contributed by atoms with Crippen molar-refractivity contribution in [2.45, 2.75) is 39.5 Å². The molecule has 0 atom stereocenters. The van der Waals surface area contributed by atoms with E-state index in [4.69, 9.17) is 9.84 Å². The molecule has 0 fully saturated rings. The number of unbranched alkanes of at least 4 members (excludes halogenated alkanes) is 1. The number of aromatic amines is 1. The molecular weight excluding hydrogens is 399 g/mol. The highest BCUT2D eigenvalue weighted by molar-refractivity contribution is 5.94. The van der Waals surface area contributed by atoms with Crippen LogP contribution in [0, 0.1) is 19.7 Å². The largest absolute Gasteiger partial charge is 0.494 e. The van der Waals surface area contributed by atoms with E-state index in [1.165, 1.54) is 6.07 Å². The van der Waals surface area contributed by atoms with E-state index in [1.807, 2.05) is 13.8 Å². The van der Waals surface area contributed by atoms with Gasteiger partial charge in [-0.3, -0.25) is 9.59 Å². The maximum atomic E-state index is 14.1. The second-order valence-electron chi connectivity index (χ2n) is 7.57. The third kappa shape index (κ3) is 5.63. The van der Waals surface area contributed by atoms with Crippen molar-refractivity contribution in [1.29, 1.82) is 0 Å². The van der Waals surface area contributed by atoms with Gasteiger partial charge in [0, 0.05) is 29.6 Å². The van der Waals surface area contributed by atoms with Crippen LogP contribution in [0.2, 0.25) is 0 Å². The Bertz CT molecular complexity index is 1070. The number of ether oxygens (including phenoxy) is 1. The fourth-order valence-electron chi connectivity index (χ4n) is 3.63. The van der Waals surface area contributed by atoms with Crippen LogP contribution in [0.15, 0.2) is 36.4 Å². The molecule has 6 nitrogen and oxygen atoms in total. The molecule has 1 heterocycles. The van der Waals surface area contributed by atoms with E-state index in [-0.39, 0.29) is 18.1 Å². The van der Waals surface area contributed by atoms with E-state index >= 15 is 0 Å². The number of hydrogen-bond donors (Lipinski definition) is 3. The molecule has 3 aromatic rings. The first kappa shape index (κ1) is 22.3. The molecule has 0 unspecified atom stereocenters. The molecule has 3 rings (SSSR count). The number of H-pyrrole nitrogens is 1. The number of carboxylic acid groups (broad SMARTS) is 1. The zero-order chi connectivity index (χ0) is 22.4. The Labute approximate surface area is 180 Å². The van der Waals surface area contributed by atoms with Gasteiger partial charge >= 0.3 is 5.97 Å². The Kier molecular flexibility index (Phi) is 7.28. The molecule has 0 saturated heterocycles. The van der Waals surface area contributed by atoms with Gasteiger partial charge in [0.05, 0.1) is 12.1 Å². The van der Waals surface area contributed by atoms with Crippen LogP contribution in [-0.4, -0.2) is 35.1 Å². The van der Waals surface area contributed by atoms with Crippen LogP contribution >= 0.6 is 0 Å². The lowest BCUT2D eigenvalue weighted by Crippen LogP contribution is -2.25. The maximum absolute atomic E-state index is 14.1. The van der Waals surface area contributed by atoms with Crippen LogP contribution in [0.1, 0.15) is 46.4 Å². The van der Waals surface area contributed by atoms with Crippen LogP contribution in [-0.2, 0) is 11.2 Å². The highest BCUT2D eigenvalue weighted by atomic mass is 19.1. The van der Waals surface area contributed by atoms with Gasteiger partial charge in [-0.15, -0.1) is 0 Å². The lowest BCUT2D eigenvalue weighted by atomic mass is 10.0. The van der Waals surface area contributed by atoms with Crippen molar-refractivity contribution < 1.29 is 23.8 Å². The standard InChI is InChI=1S/C24H27FN2O4/c1-15-6-11-20(25)23-22(15)19(16(2)27-23)12-13-26-24(30)17-7-9-18(10-8-17)31-14-4-3-5-21(28)29/h6-11,27H,3-5,12-14H2,1-2H3,(H,26,30)(H,28,29). The number of carboxylic acids is 1. The molecule has 164 valence electrons. The SMILES string of the molecule is Cc1[nH]c2c(F)ccc(C)c2c1CCNC(=O)c1ccc(OCCCCC(=O)O)cc1. The molecule has 31 heavy (non-hydrogen) atoms. The number of aliphatic carboxylic acids is 1. The van der Waals surface area contributed by atoms with Gasteiger partial charge in [-0.1, -0.05) is 6.07 Å². The summed E-state index contributed by atoms with van der Waals surface area (Å²) in [7, 11) is 0. The molecule has 1 amide bonds. The number of rotatable bonds is 10. The van der Waals surface area contributed by atoms with E-state index in [2.05, 4.69) is 10.3 Å². The summed E-state index contributed by atoms with van der Waals surface area (Å²) in [6.07, 6.45) is 1.96. The summed E-state index contributed by atoms with van der Waals surface area (Å²) in [4.78, 5) is 26.0. The average Bonchev–Trinajstić information content (AvgIpc) is 3.08. The van der Waals surface area contributed by atoms with Gasteiger partial charge in [0.2, 0.25) is 0 Å². The van der Waals surface area contributed by atoms with Gasteiger partial charge in [-0.05, 0) is 74.6 Å². The first-order chi connectivity index (χ1) is 14.9. The Morgan fingerprint density at radius 1 is 1.10 bits per heavy atom. The topological polar surface area (TPSA) is 91.4 Å². The van der Waals surface area contributed by atoms with Crippen LogP contribution < -0.4 is 10.1 Å². The van der Waals surface area contributed by atoms with E-state index < -0.39 is 5.97 Å². The molecule has 0 saturated carbocycles. The van der Waals surface area contributed by atoms with E-state index in [9.17, 15) is 14.0 Å². The maximum Gasteiger partial charge on any atom is 0.303 e. The summed E-state index contributed by atoms with van der Waals surface area (Å²) in [6, 6.07) is 10.1. The molecule has 0 aliphatic rings. The van der Waals surface area contributed by atoms with Crippen LogP contribution in [0.5, 0.6) is 5.75 Å². The number of benzene rings is 2. The summed E-state index contributed by atoms with van der Waals surface area (Å²) in [5.41, 5.74) is 3.95. The minimum atomic E-state index is -0.808. The van der Waals surface area contributed by atoms with Crippen LogP contribution in [0.25, 0.3) is 10.9 Å². The third-order valence-corrected chi connectivity index (χ3v) is 5.26. The van der Waals surface area contributed by atoms with Gasteiger partial charge in [-0.25, -0.2) is 4.39 Å². The zero-order valence-electron chi connectivity index (χ0n) is 17.8. The Hall–Kier alpha value is -3.35. The monoisotopic (exact) mass is 426 g/mol. The lowest BCUT2D eigenvalue weighted by Gasteiger charge is -2.09. The van der Waals surface area contributed by atoms with Crippen molar-refractivity contribution in [3.05, 3.63) is 64.6 Å². The number of aromatic nitrogens is 1. The summed E-state index contributed by atoms with van der Waals surface area (Å²) in [5.74, 6) is -0.632. The Morgan fingerprint density at radius 2 is 1.84 bits per heavy atom. The molecule has 0 radical (unpaired) electrons. The van der Waals surface area contributed by atoms with Gasteiger partial charge in [0.15, 0.2) is 0 Å². The second kappa shape index (κ2) is 10.1. The highest BCUT2D eigenvalue weighted by Gasteiger charge is 2.14. The predicted octanol–water partition coefficient (Wildman–Crippen LogP) is 4.53. The van der Waals surface area contributed by atoms with Crippen molar-refractivity contribution in [1.82, 2.24) is 10.3 Å². The number of amides is 1. The van der Waals surface area contributed by atoms with Crippen LogP contribution in [0.4, 0.5) is 4.39 Å². The van der Waals surface area contributed by atoms with Crippen LogP contribution in [0.3, 0.4) is 0 Å². The first-order valence-corrected chi connectivity index (χ1v) is 10.4. The Balaban J connectivity index is 1.51. The van der Waals surface area contributed by atoms with E-state index in [1.54, 1.807) is 30.3 Å². The van der Waals surface area contributed by atoms with Crippen molar-refractivity contribution in [2.24, 2.45) is 0 Å². The number of fused-ring (bicyclic) bond motifs is 1. The molecule has 7 heteroatoms. The summed E-state index contributed by atoms with van der Waals surface area (Å²) >= 11 is 0. The zero-order valence-corrected chi connectivity index (χ0v) is 17.8. The number of hydrogen-bond acceptors (Lipinski definition) is 3. The minimum Gasteiger partial charge on any atom is -0.494 e. The molecule has 2 aromatic carbocycles. The van der Waals surface area contributed by atoms with Gasteiger partial charge in [0.1, 0.15) is 11.6 Å². The number of nitrogens with one attached hydrogen (secondary N) is 2. The van der Waals surface area contributed by atoms with Crippen molar-refractivity contribution in [3.8, 4) is 5.75 Å². The molecule has 1 aromatic heterocycles. The molecular formula is C24H27FN2O4. The quantitative estimate of drug-likeness (QED) is 0.416. The van der Waals surface area contributed by atoms with E-state index in [0.29, 0.717) is 49.2 Å². The molecule has 0 aliphatic carbocycles. The number of carbonyl (C=O) groups is 2. The van der Waals surface area contributed by atoms with Gasteiger partial charge < -0.3 is 20.1 Å². The summed E-state index contributed by atoms with van der Waals surface area (Å²) < 4.78 is 19.6. The summed E-state index contributed by atoms with van der Waals surface area (Å²) in [5, 5.41) is 12.4. The number of carbonyl (C=O) groups excluding carboxylic acids is 1. The lowest BCUT2D eigenvalue weighted by molar-refractivity contribution is -0.137. The number of halogens is 1. The molecule has 0 spiro atoms. The normalized spacial score (nSPS) is 10.9. The first-order valence-electron chi connectivity index (χ1n) is 10.4. The molecule has 0 bridgehead atoms. The fourth-order valence-corrected chi connectivity index (χ4v) is 3.63. The average molecular weight is 426 g/mol. The second-order valence-corrected chi connectivity index (χ2v) is 7.57. The third-order valence-electron chi connectivity index (χ3n) is 5.26. The van der Waals surface area contributed by atoms with Gasteiger partial charge in [0.25, 0.3) is 5.91 Å². The summed E-state index contributed by atoms with van der Waals surface area (Å²) in [6.45, 7) is 4.73. The van der Waals surface area contributed by atoms with Gasteiger partial charge in [-0.2, -0.15) is 0 Å². The smallest absolute Gasteiger partial charge is 0.303 e. The fraction of sp³-hybridized carbons (Fsp3) is 0.333. The minimum absolute atomic E-state index is 0.134. The Morgan fingerprint density at radius 3 is 2.55 bits per heavy atom. The van der Waals surface area contributed by atoms with E-state index in [0.717, 1.165) is 22.2 Å². The molecule has 0 aliphatic heterocycles. The van der Waals surface area contributed by atoms with Crippen molar-refractivity contribution in [2.75, 3.05) is 13.2 Å².